The molecule has 2 aromatic carbocycles. The molecular formula is C23H19Br2N3O3. The third-order valence-corrected chi connectivity index (χ3v) is 6.28. The molecule has 1 N–H and O–H groups in total. The monoisotopic (exact) mass is 543 g/mol. The van der Waals surface area contributed by atoms with Crippen LogP contribution in [0.25, 0.3) is 5.76 Å². The number of aromatic nitrogens is 2. The van der Waals surface area contributed by atoms with Crippen molar-refractivity contribution in [2.75, 3.05) is 6.54 Å². The molecule has 1 aliphatic heterocycles. The van der Waals surface area contributed by atoms with Gasteiger partial charge in [-0.05, 0) is 36.2 Å². The Hall–Kier alpha value is -2.71. The molecule has 1 atom stereocenters. The molecule has 3 aromatic rings. The van der Waals surface area contributed by atoms with Crippen molar-refractivity contribution in [3.05, 3.63) is 92.9 Å². The molecule has 1 saturated heterocycles. The Bertz CT molecular complexity index is 1120. The van der Waals surface area contributed by atoms with Crippen molar-refractivity contribution in [1.29, 1.82) is 0 Å². The maximum atomic E-state index is 13.0. The lowest BCUT2D eigenvalue weighted by Crippen LogP contribution is -2.31. The van der Waals surface area contributed by atoms with Gasteiger partial charge in [0.05, 0.1) is 17.9 Å². The van der Waals surface area contributed by atoms with Crippen LogP contribution in [0.2, 0.25) is 0 Å². The standard InChI is InChI=1S/C23H19Br2N3O3/c24-17-6-2-15(3-7-17)20-19(21(29)16-4-8-18(25)9-5-16)22(30)23(31)28(20)12-1-11-27-13-10-26-14-27/h2-10,13-14,20,29H,1,11-12H2/b21-19+/t20-/m0/s1. The number of nitrogens with zero attached hydrogens (tertiary/aromatic N) is 3. The average molecular weight is 545 g/mol. The van der Waals surface area contributed by atoms with E-state index in [4.69, 9.17) is 0 Å². The molecule has 1 fully saturated rings. The van der Waals surface area contributed by atoms with Crippen LogP contribution in [0.3, 0.4) is 0 Å². The van der Waals surface area contributed by atoms with Gasteiger partial charge in [0.1, 0.15) is 5.76 Å². The van der Waals surface area contributed by atoms with E-state index in [9.17, 15) is 14.7 Å². The molecule has 8 heteroatoms. The minimum absolute atomic E-state index is 0.109. The summed E-state index contributed by atoms with van der Waals surface area (Å²) in [5.41, 5.74) is 1.36. The number of ketones is 1. The molecule has 6 nitrogen and oxygen atoms in total. The molecule has 0 aliphatic carbocycles. The summed E-state index contributed by atoms with van der Waals surface area (Å²) in [5.74, 6) is -1.44. The molecule has 0 spiro atoms. The number of aryl methyl sites for hydroxylation is 1. The zero-order valence-electron chi connectivity index (χ0n) is 16.4. The lowest BCUT2D eigenvalue weighted by molar-refractivity contribution is -0.139. The maximum Gasteiger partial charge on any atom is 0.295 e. The van der Waals surface area contributed by atoms with E-state index in [0.29, 0.717) is 25.1 Å². The van der Waals surface area contributed by atoms with E-state index in [2.05, 4.69) is 36.8 Å². The first-order chi connectivity index (χ1) is 15.0. The SMILES string of the molecule is O=C1C(=O)N(CCCn2ccnc2)[C@@H](c2ccc(Br)cc2)/C1=C(\O)c1ccc(Br)cc1. The first kappa shape index (κ1) is 21.5. The number of carbonyl (C=O) groups excluding carboxylic acids is 2. The van der Waals surface area contributed by atoms with Gasteiger partial charge in [-0.15, -0.1) is 0 Å². The predicted molar refractivity (Wildman–Crippen MR) is 124 cm³/mol. The summed E-state index contributed by atoms with van der Waals surface area (Å²) in [6.07, 6.45) is 5.92. The van der Waals surface area contributed by atoms with Crippen molar-refractivity contribution in [2.45, 2.75) is 19.0 Å². The van der Waals surface area contributed by atoms with Crippen molar-refractivity contribution in [3.8, 4) is 0 Å². The number of likely N-dealkylation sites (tertiary alicyclic amines) is 1. The molecule has 2 heterocycles. The van der Waals surface area contributed by atoms with E-state index >= 15 is 0 Å². The highest BCUT2D eigenvalue weighted by Gasteiger charge is 2.45. The smallest absolute Gasteiger partial charge is 0.295 e. The summed E-state index contributed by atoms with van der Waals surface area (Å²) < 4.78 is 3.67. The fourth-order valence-corrected chi connectivity index (χ4v) is 4.24. The predicted octanol–water partition coefficient (Wildman–Crippen LogP) is 4.92. The summed E-state index contributed by atoms with van der Waals surface area (Å²) >= 11 is 6.79. The van der Waals surface area contributed by atoms with Crippen molar-refractivity contribution < 1.29 is 14.7 Å². The van der Waals surface area contributed by atoms with E-state index in [1.807, 2.05) is 35.0 Å². The van der Waals surface area contributed by atoms with Gasteiger partial charge >= 0.3 is 0 Å². The number of hydrogen-bond donors (Lipinski definition) is 1. The van der Waals surface area contributed by atoms with Gasteiger partial charge in [0.25, 0.3) is 11.7 Å². The van der Waals surface area contributed by atoms with Crippen LogP contribution < -0.4 is 0 Å². The third kappa shape index (κ3) is 4.50. The Morgan fingerprint density at radius 3 is 2.23 bits per heavy atom. The van der Waals surface area contributed by atoms with Gasteiger partial charge in [-0.25, -0.2) is 4.98 Å². The summed E-state index contributed by atoms with van der Waals surface area (Å²) in [6, 6.07) is 13.8. The number of aliphatic hydroxyl groups is 1. The summed E-state index contributed by atoms with van der Waals surface area (Å²) in [5, 5.41) is 11.0. The number of benzene rings is 2. The first-order valence-electron chi connectivity index (χ1n) is 9.71. The quantitative estimate of drug-likeness (QED) is 0.271. The molecule has 1 aromatic heterocycles. The average Bonchev–Trinajstić information content (AvgIpc) is 3.37. The number of halogens is 2. The van der Waals surface area contributed by atoms with Crippen LogP contribution >= 0.6 is 31.9 Å². The summed E-state index contributed by atoms with van der Waals surface area (Å²) in [6.45, 7) is 1.05. The number of hydrogen-bond acceptors (Lipinski definition) is 4. The van der Waals surface area contributed by atoms with Crippen LogP contribution in [0.1, 0.15) is 23.6 Å². The molecule has 4 rings (SSSR count). The van der Waals surface area contributed by atoms with E-state index < -0.39 is 17.7 Å². The molecule has 0 unspecified atom stereocenters. The van der Waals surface area contributed by atoms with Crippen LogP contribution in [0.5, 0.6) is 0 Å². The van der Waals surface area contributed by atoms with Crippen LogP contribution in [0.15, 0.2) is 81.8 Å². The number of carbonyl (C=O) groups is 2. The van der Waals surface area contributed by atoms with E-state index in [1.54, 1.807) is 41.7 Å². The Kier molecular flexibility index (Phi) is 6.38. The number of amides is 1. The first-order valence-corrected chi connectivity index (χ1v) is 11.3. The second-order valence-corrected chi connectivity index (χ2v) is 9.04. The van der Waals surface area contributed by atoms with Crippen LogP contribution in [-0.2, 0) is 16.1 Å². The number of Topliss-reactive ketones (excluding diaryl/α,β-unsaturated/α-hetero) is 1. The zero-order chi connectivity index (χ0) is 22.0. The molecule has 1 aliphatic rings. The second kappa shape index (κ2) is 9.20. The van der Waals surface area contributed by atoms with Crippen molar-refractivity contribution >= 4 is 49.3 Å². The Labute approximate surface area is 196 Å². The van der Waals surface area contributed by atoms with Gasteiger partial charge in [-0.1, -0.05) is 56.1 Å². The second-order valence-electron chi connectivity index (χ2n) is 7.20. The van der Waals surface area contributed by atoms with Crippen molar-refractivity contribution in [1.82, 2.24) is 14.5 Å². The van der Waals surface area contributed by atoms with Crippen LogP contribution in [0.4, 0.5) is 0 Å². The van der Waals surface area contributed by atoms with Crippen LogP contribution in [-0.4, -0.2) is 37.8 Å². The van der Waals surface area contributed by atoms with Gasteiger partial charge in [0.15, 0.2) is 0 Å². The van der Waals surface area contributed by atoms with Gasteiger partial charge < -0.3 is 14.6 Å². The topological polar surface area (TPSA) is 75.4 Å². The molecular weight excluding hydrogens is 526 g/mol. The largest absolute Gasteiger partial charge is 0.507 e. The van der Waals surface area contributed by atoms with Gasteiger partial charge in [0, 0.05) is 40.0 Å². The summed E-state index contributed by atoms with van der Waals surface area (Å²) in [4.78, 5) is 31.5. The molecule has 0 saturated carbocycles. The third-order valence-electron chi connectivity index (χ3n) is 5.22. The lowest BCUT2D eigenvalue weighted by Gasteiger charge is -2.25. The van der Waals surface area contributed by atoms with E-state index in [0.717, 1.165) is 14.5 Å². The fraction of sp³-hybridized carbons (Fsp3) is 0.174. The van der Waals surface area contributed by atoms with E-state index in [1.165, 1.54) is 0 Å². The number of imidazole rings is 1. The van der Waals surface area contributed by atoms with Gasteiger partial charge in [-0.2, -0.15) is 0 Å². The fourth-order valence-electron chi connectivity index (χ4n) is 3.71. The molecule has 31 heavy (non-hydrogen) atoms. The molecule has 0 bridgehead atoms. The number of aliphatic hydroxyl groups excluding tert-OH is 1. The van der Waals surface area contributed by atoms with Crippen LogP contribution in [0, 0.1) is 0 Å². The Morgan fingerprint density at radius 1 is 0.968 bits per heavy atom. The normalized spacial score (nSPS) is 18.0. The highest BCUT2D eigenvalue weighted by atomic mass is 79.9. The number of rotatable bonds is 6. The van der Waals surface area contributed by atoms with Gasteiger partial charge in [-0.3, -0.25) is 9.59 Å². The Morgan fingerprint density at radius 2 is 1.61 bits per heavy atom. The van der Waals surface area contributed by atoms with E-state index in [-0.39, 0.29) is 11.3 Å². The molecule has 158 valence electrons. The van der Waals surface area contributed by atoms with Gasteiger partial charge in [0.2, 0.25) is 0 Å². The maximum absolute atomic E-state index is 13.0. The highest BCUT2D eigenvalue weighted by molar-refractivity contribution is 9.10. The molecule has 1 amide bonds. The summed E-state index contributed by atoms with van der Waals surface area (Å²) in [7, 11) is 0. The minimum atomic E-state index is -0.670. The Balaban J connectivity index is 1.72. The highest BCUT2D eigenvalue weighted by Crippen LogP contribution is 2.39. The minimum Gasteiger partial charge on any atom is -0.507 e. The zero-order valence-corrected chi connectivity index (χ0v) is 19.6. The van der Waals surface area contributed by atoms with Crippen molar-refractivity contribution in [3.63, 3.8) is 0 Å². The lowest BCUT2D eigenvalue weighted by atomic mass is 9.95. The molecule has 0 radical (unpaired) electrons. The van der Waals surface area contributed by atoms with Crippen molar-refractivity contribution in [2.24, 2.45) is 0 Å².